The van der Waals surface area contributed by atoms with Gasteiger partial charge in [0, 0.05) is 19.4 Å². The zero-order chi connectivity index (χ0) is 95.6. The van der Waals surface area contributed by atoms with Crippen LogP contribution in [0.2, 0.25) is 0 Å². The number of nitrogens with one attached hydrogen (secondary N) is 14. The van der Waals surface area contributed by atoms with Crippen molar-refractivity contribution < 1.29 is 96.5 Å². The van der Waals surface area contributed by atoms with Gasteiger partial charge in [0.25, 0.3) is 0 Å². The predicted octanol–water partition coefficient (Wildman–Crippen LogP) is -7.45. The van der Waals surface area contributed by atoms with Crippen LogP contribution in [0.3, 0.4) is 0 Å². The van der Waals surface area contributed by atoms with Gasteiger partial charge in [-0.25, -0.2) is 0 Å². The van der Waals surface area contributed by atoms with E-state index in [9.17, 15) is 96.5 Å². The number of aliphatic hydroxyl groups excluding tert-OH is 1. The molecule has 0 aliphatic rings. The fraction of sp³-hybridized carbons (Fsp3) is 0.688. The number of nitrogens with zero attached hydrogens (tertiary/aromatic N) is 1. The summed E-state index contributed by atoms with van der Waals surface area (Å²) in [4.78, 5) is 252. The number of phenols is 1. The van der Waals surface area contributed by atoms with E-state index in [1.165, 1.54) is 43.0 Å². The van der Waals surface area contributed by atoms with Gasteiger partial charge in [-0.3, -0.25) is 91.3 Å². The third-order valence-electron chi connectivity index (χ3n) is 20.0. The second kappa shape index (κ2) is 60.5. The van der Waals surface area contributed by atoms with Gasteiger partial charge < -0.3 is 142 Å². The molecule has 0 aliphatic heterocycles. The zero-order valence-corrected chi connectivity index (χ0v) is 74.9. The fourth-order valence-electron chi connectivity index (χ4n) is 12.6. The number of primary amides is 4. The van der Waals surface area contributed by atoms with Crippen LogP contribution < -0.4 is 132 Å². The van der Waals surface area contributed by atoms with Gasteiger partial charge in [-0.05, 0) is 176 Å². The molecule has 1 aromatic carbocycles. The first kappa shape index (κ1) is 113. The Labute approximate surface area is 739 Å². The van der Waals surface area contributed by atoms with Crippen molar-refractivity contribution >= 4 is 124 Å². The number of hydrogen-bond donors (Lipinski definition) is 26. The van der Waals surface area contributed by atoms with Crippen molar-refractivity contribution in [1.82, 2.24) is 74.4 Å². The summed E-state index contributed by atoms with van der Waals surface area (Å²) in [6.45, 7) is 14.1. The highest BCUT2D eigenvalue weighted by atomic mass is 32.2. The number of carbonyl (C=O) groups is 18. The van der Waals surface area contributed by atoms with Crippen molar-refractivity contribution in [1.29, 1.82) is 0 Å². The number of guanidine groups is 1. The molecule has 0 heterocycles. The predicted molar refractivity (Wildman–Crippen MR) is 470 cm³/mol. The smallest absolute Gasteiger partial charge is 0.245 e. The summed E-state index contributed by atoms with van der Waals surface area (Å²) >= 11 is 1.31. The maximum absolute atomic E-state index is 14.9. The van der Waals surface area contributed by atoms with E-state index in [0.717, 1.165) is 0 Å². The molecule has 46 heteroatoms. The number of amides is 18. The number of thioether (sulfide) groups is 1. The Morgan fingerprint density at radius 3 is 1.18 bits per heavy atom. The standard InChI is InChI=1S/C80H141N25O20S/c1-11-44(8)64(79(125)102-56(36-42(4)5)73(119)98-54(65(88)111)38-61(86)109)105-77(123)59(40-106)103-76(122)58(39-62(87)110)101-74(120)55(35-41(2)3)99-75(121)57(37-46-23-25-47(107)26-24-46)100-71(117)50(21-13-16-31-82)94-70(116)51(22-14-17-32-83)97-78(124)63(43(6)7)104-66(112)45(9)92-68(114)53(29-34-126-10)96-72(118)52(27-28-60(85)108)95-69(115)49(20-12-15-30-81)93-67(113)48(84)19-18-33-91-80(89)90/h23-26,41-45,48-59,63-64,106-107H,11-22,27-40,81-84H2,1-10H3,(H2,85,108)(H2,86,109)(H2,87,110)(H2,88,111)(H,92,114)(H,93,113)(H,94,116)(H,95,115)(H,96,118)(H,97,124)(H,98,119)(H,99,121)(H,100,117)(H,101,120)(H,102,125)(H,103,122)(H,104,112)(H,105,123)(H4,89,90,91)/t44-,45-,48-,49-,50-,51-,52-,53-,54-,55-,56-,57-,58-,59-,63-,64-/m0/s1. The van der Waals surface area contributed by atoms with E-state index < -0.39 is 241 Å². The number of rotatable bonds is 65. The van der Waals surface area contributed by atoms with Crippen LogP contribution >= 0.6 is 11.8 Å². The van der Waals surface area contributed by atoms with Crippen LogP contribution in [0.1, 0.15) is 190 Å². The molecule has 1 aromatic rings. The van der Waals surface area contributed by atoms with Crippen LogP contribution in [0.4, 0.5) is 0 Å². The van der Waals surface area contributed by atoms with Crippen LogP contribution in [-0.2, 0) is 92.7 Å². The van der Waals surface area contributed by atoms with Gasteiger partial charge >= 0.3 is 0 Å². The number of unbranched alkanes of at least 4 members (excludes halogenated alkanes) is 3. The van der Waals surface area contributed by atoms with Crippen LogP contribution in [0.15, 0.2) is 29.3 Å². The average Bonchev–Trinajstić information content (AvgIpc) is 0.849. The van der Waals surface area contributed by atoms with Gasteiger partial charge in [0.1, 0.15) is 90.3 Å². The van der Waals surface area contributed by atoms with E-state index >= 15 is 0 Å². The first-order chi connectivity index (χ1) is 59.3. The summed E-state index contributed by atoms with van der Waals surface area (Å²) in [6, 6.07) is -16.8. The molecule has 0 saturated heterocycles. The molecule has 16 atom stereocenters. The molecule has 1 rings (SSSR count). The number of phenolic OH excluding ortho intramolecular Hbond substituents is 1. The van der Waals surface area contributed by atoms with Crippen molar-refractivity contribution in [2.75, 3.05) is 44.8 Å². The third kappa shape index (κ3) is 44.7. The first-order valence-electron chi connectivity index (χ1n) is 42.5. The quantitative estimate of drug-likeness (QED) is 0.0164. The van der Waals surface area contributed by atoms with Crippen molar-refractivity contribution in [2.45, 2.75) is 281 Å². The Bertz CT molecular complexity index is 3770. The molecule has 126 heavy (non-hydrogen) atoms. The molecule has 36 N–H and O–H groups in total. The molecule has 712 valence electrons. The highest BCUT2D eigenvalue weighted by molar-refractivity contribution is 7.98. The zero-order valence-electron chi connectivity index (χ0n) is 74.0. The average molecular weight is 1810 g/mol. The van der Waals surface area contributed by atoms with E-state index in [4.69, 9.17) is 57.3 Å². The van der Waals surface area contributed by atoms with Gasteiger partial charge in [-0.15, -0.1) is 0 Å². The minimum atomic E-state index is -1.91. The fourth-order valence-corrected chi connectivity index (χ4v) is 13.1. The Balaban J connectivity index is 3.72. The number of aromatic hydroxyl groups is 1. The number of benzene rings is 1. The molecule has 18 amide bonds. The van der Waals surface area contributed by atoms with E-state index in [2.05, 4.69) is 79.4 Å². The van der Waals surface area contributed by atoms with Gasteiger partial charge in [-0.1, -0.05) is 73.9 Å². The van der Waals surface area contributed by atoms with E-state index in [1.807, 2.05) is 0 Å². The molecule has 45 nitrogen and oxygen atoms in total. The summed E-state index contributed by atoms with van der Waals surface area (Å²) in [5, 5.41) is 56.4. The third-order valence-corrected chi connectivity index (χ3v) is 20.6. The number of aliphatic hydroxyl groups is 1. The summed E-state index contributed by atoms with van der Waals surface area (Å²) in [5.41, 5.74) is 56.4. The lowest BCUT2D eigenvalue weighted by molar-refractivity contribution is -0.137. The summed E-state index contributed by atoms with van der Waals surface area (Å²) in [6.07, 6.45) is 1.45. The highest BCUT2D eigenvalue weighted by Gasteiger charge is 2.40. The van der Waals surface area contributed by atoms with Crippen LogP contribution in [-0.4, -0.2) is 258 Å². The molecule has 0 aromatic heterocycles. The second-order valence-electron chi connectivity index (χ2n) is 32.3. The minimum Gasteiger partial charge on any atom is -0.508 e. The molecule has 0 aliphatic carbocycles. The maximum atomic E-state index is 14.9. The van der Waals surface area contributed by atoms with E-state index in [1.54, 1.807) is 61.6 Å². The monoisotopic (exact) mass is 1800 g/mol. The molecule has 0 unspecified atom stereocenters. The van der Waals surface area contributed by atoms with E-state index in [0.29, 0.717) is 37.7 Å². The first-order valence-corrected chi connectivity index (χ1v) is 43.9. The van der Waals surface area contributed by atoms with Gasteiger partial charge in [0.2, 0.25) is 106 Å². The number of aliphatic imine (C=N–C) groups is 1. The van der Waals surface area contributed by atoms with Gasteiger partial charge in [-0.2, -0.15) is 11.8 Å². The molecule has 0 bridgehead atoms. The van der Waals surface area contributed by atoms with E-state index in [-0.39, 0.29) is 127 Å². The van der Waals surface area contributed by atoms with Crippen molar-refractivity contribution in [3.63, 3.8) is 0 Å². The molecule has 0 saturated carbocycles. The van der Waals surface area contributed by atoms with Gasteiger partial charge in [0.05, 0.1) is 25.5 Å². The number of hydrogen-bond acceptors (Lipinski definition) is 26. The highest BCUT2D eigenvalue weighted by Crippen LogP contribution is 2.18. The maximum Gasteiger partial charge on any atom is 0.245 e. The Morgan fingerprint density at radius 1 is 0.389 bits per heavy atom. The van der Waals surface area contributed by atoms with Gasteiger partial charge in [0.15, 0.2) is 5.96 Å². The lowest BCUT2D eigenvalue weighted by atomic mass is 9.96. The molecule has 0 fully saturated rings. The summed E-state index contributed by atoms with van der Waals surface area (Å²) < 4.78 is 0. The molecule has 0 spiro atoms. The van der Waals surface area contributed by atoms with Crippen LogP contribution in [0.5, 0.6) is 5.75 Å². The van der Waals surface area contributed by atoms with Crippen molar-refractivity contribution in [2.24, 2.45) is 86.0 Å². The van der Waals surface area contributed by atoms with Crippen LogP contribution in [0, 0.1) is 23.7 Å². The Hall–Kier alpha value is -11.1. The van der Waals surface area contributed by atoms with Crippen molar-refractivity contribution in [3.8, 4) is 5.75 Å². The lowest BCUT2D eigenvalue weighted by Gasteiger charge is -2.29. The summed E-state index contributed by atoms with van der Waals surface area (Å²) in [5.74, 6) is -19.4. The lowest BCUT2D eigenvalue weighted by Crippen LogP contribution is -2.62. The molecule has 0 radical (unpaired) electrons. The SMILES string of the molecule is CC[C@H](C)[C@H](NC(=O)[C@H](CO)NC(=O)[C@H](CC(N)=O)NC(=O)[C@H](CC(C)C)NC(=O)[C@H](Cc1ccc(O)cc1)NC(=O)[C@H](CCCCN)NC(=O)[C@H](CCCCN)NC(=O)[C@@H](NC(=O)[C@H](C)NC(=O)[C@H](CCSC)NC(=O)[C@H](CCC(N)=O)NC(=O)[C@H](CCCCN)NC(=O)[C@@H](N)CCCN=C(N)N)C(C)C)C(=O)N[C@@H](CC(C)C)C(=O)N[C@@H](CC(N)=O)C(N)=O. The topological polar surface area (TPSA) is 789 Å². The Morgan fingerprint density at radius 2 is 0.754 bits per heavy atom. The normalized spacial score (nSPS) is 15.0. The Kier molecular flexibility index (Phi) is 54.2. The van der Waals surface area contributed by atoms with Crippen molar-refractivity contribution in [3.05, 3.63) is 29.8 Å². The molecular formula is C80H141N25O20S. The summed E-state index contributed by atoms with van der Waals surface area (Å²) in [7, 11) is 0. The second-order valence-corrected chi connectivity index (χ2v) is 33.2. The number of carbonyl (C=O) groups excluding carboxylic acids is 18. The van der Waals surface area contributed by atoms with Crippen LogP contribution in [0.25, 0.3) is 0 Å². The minimum absolute atomic E-state index is 0.0139. The number of nitrogens with two attached hydrogens (primary N) is 10. The molecular weight excluding hydrogens is 1660 g/mol. The largest absolute Gasteiger partial charge is 0.508 e.